The Morgan fingerprint density at radius 2 is 1.87 bits per heavy atom. The summed E-state index contributed by atoms with van der Waals surface area (Å²) in [6.45, 7) is 1.59. The summed E-state index contributed by atoms with van der Waals surface area (Å²) in [6, 6.07) is 16.1. The van der Waals surface area contributed by atoms with E-state index in [1.165, 1.54) is 16.7 Å². The van der Waals surface area contributed by atoms with Crippen LogP contribution in [-0.2, 0) is 24.2 Å². The minimum Gasteiger partial charge on any atom is -0.497 e. The third-order valence-electron chi connectivity index (χ3n) is 4.52. The molecule has 2 aromatic carbocycles. The summed E-state index contributed by atoms with van der Waals surface area (Å²) >= 11 is 0. The molecule has 120 valence electrons. The number of rotatable bonds is 5. The molecule has 1 aliphatic heterocycles. The van der Waals surface area contributed by atoms with Crippen LogP contribution < -0.4 is 10.5 Å². The molecule has 0 spiro atoms. The van der Waals surface area contributed by atoms with Crippen molar-refractivity contribution in [1.29, 1.82) is 0 Å². The van der Waals surface area contributed by atoms with Crippen molar-refractivity contribution in [3.05, 3.63) is 65.2 Å². The number of nitrogens with two attached hydrogens (primary N) is 1. The zero-order valence-electron chi connectivity index (χ0n) is 13.4. The molecule has 1 aliphatic rings. The van der Waals surface area contributed by atoms with Crippen molar-refractivity contribution in [2.45, 2.75) is 25.4 Å². The van der Waals surface area contributed by atoms with Gasteiger partial charge in [-0.1, -0.05) is 36.4 Å². The van der Waals surface area contributed by atoms with Crippen LogP contribution in [0.3, 0.4) is 0 Å². The van der Waals surface area contributed by atoms with Gasteiger partial charge in [0, 0.05) is 13.1 Å². The van der Waals surface area contributed by atoms with Gasteiger partial charge in [-0.2, -0.15) is 0 Å². The number of methoxy groups -OCH3 is 1. The molecular formula is C19H22N2O2. The van der Waals surface area contributed by atoms with Gasteiger partial charge in [0.2, 0.25) is 5.91 Å². The maximum atomic E-state index is 11.8. The lowest BCUT2D eigenvalue weighted by atomic mass is 9.93. The maximum absolute atomic E-state index is 11.8. The molecule has 2 aromatic rings. The molecule has 23 heavy (non-hydrogen) atoms. The number of hydrogen-bond acceptors (Lipinski definition) is 3. The van der Waals surface area contributed by atoms with Crippen molar-refractivity contribution >= 4 is 5.91 Å². The van der Waals surface area contributed by atoms with E-state index in [1.807, 2.05) is 24.3 Å². The zero-order valence-corrected chi connectivity index (χ0v) is 13.4. The first-order valence-electron chi connectivity index (χ1n) is 7.90. The standard InChI is InChI=1S/C19H22N2O2/c1-23-17-8-6-14(7-9-17)10-11-21-13-16-5-3-2-4-15(16)12-18(21)19(20)22/h2-9,18H,10-13H2,1H3,(H2,20,22)/t18-/m0/s1. The molecule has 0 radical (unpaired) electrons. The van der Waals surface area contributed by atoms with Gasteiger partial charge in [0.25, 0.3) is 0 Å². The lowest BCUT2D eigenvalue weighted by Gasteiger charge is -2.35. The van der Waals surface area contributed by atoms with Gasteiger partial charge < -0.3 is 10.5 Å². The SMILES string of the molecule is COc1ccc(CCN2Cc3ccccc3C[C@H]2C(N)=O)cc1. The van der Waals surface area contributed by atoms with Gasteiger partial charge in [0.1, 0.15) is 5.75 Å². The van der Waals surface area contributed by atoms with Crippen LogP contribution in [0.1, 0.15) is 16.7 Å². The second-order valence-corrected chi connectivity index (χ2v) is 5.96. The Morgan fingerprint density at radius 1 is 1.17 bits per heavy atom. The van der Waals surface area contributed by atoms with Crippen LogP contribution in [0.25, 0.3) is 0 Å². The average Bonchev–Trinajstić information content (AvgIpc) is 2.59. The van der Waals surface area contributed by atoms with E-state index >= 15 is 0 Å². The largest absolute Gasteiger partial charge is 0.497 e. The Hall–Kier alpha value is -2.33. The van der Waals surface area contributed by atoms with Crippen LogP contribution in [0.5, 0.6) is 5.75 Å². The summed E-state index contributed by atoms with van der Waals surface area (Å²) in [5, 5.41) is 0. The van der Waals surface area contributed by atoms with E-state index in [0.29, 0.717) is 6.42 Å². The summed E-state index contributed by atoms with van der Waals surface area (Å²) in [6.07, 6.45) is 1.59. The van der Waals surface area contributed by atoms with Crippen molar-refractivity contribution in [2.24, 2.45) is 5.73 Å². The maximum Gasteiger partial charge on any atom is 0.235 e. The van der Waals surface area contributed by atoms with Crippen LogP contribution in [0, 0.1) is 0 Å². The highest BCUT2D eigenvalue weighted by Gasteiger charge is 2.29. The van der Waals surface area contributed by atoms with E-state index in [4.69, 9.17) is 10.5 Å². The van der Waals surface area contributed by atoms with E-state index in [9.17, 15) is 4.79 Å². The Kier molecular flexibility index (Phi) is 4.63. The smallest absolute Gasteiger partial charge is 0.235 e. The zero-order chi connectivity index (χ0) is 16.2. The third-order valence-corrected chi connectivity index (χ3v) is 4.52. The van der Waals surface area contributed by atoms with E-state index in [0.717, 1.165) is 25.3 Å². The summed E-state index contributed by atoms with van der Waals surface area (Å²) < 4.78 is 5.18. The van der Waals surface area contributed by atoms with Crippen molar-refractivity contribution in [3.8, 4) is 5.75 Å². The van der Waals surface area contributed by atoms with Crippen molar-refractivity contribution in [2.75, 3.05) is 13.7 Å². The number of carbonyl (C=O) groups is 1. The normalized spacial score (nSPS) is 17.5. The molecule has 0 aromatic heterocycles. The number of hydrogen-bond donors (Lipinski definition) is 1. The molecule has 4 nitrogen and oxygen atoms in total. The van der Waals surface area contributed by atoms with E-state index < -0.39 is 0 Å². The number of fused-ring (bicyclic) bond motifs is 1. The number of amides is 1. The fourth-order valence-electron chi connectivity index (χ4n) is 3.16. The summed E-state index contributed by atoms with van der Waals surface area (Å²) in [4.78, 5) is 14.0. The van der Waals surface area contributed by atoms with Gasteiger partial charge in [0.15, 0.2) is 0 Å². The van der Waals surface area contributed by atoms with Gasteiger partial charge in [0.05, 0.1) is 13.2 Å². The monoisotopic (exact) mass is 310 g/mol. The van der Waals surface area contributed by atoms with E-state index in [2.05, 4.69) is 29.2 Å². The lowest BCUT2D eigenvalue weighted by Crippen LogP contribution is -2.49. The van der Waals surface area contributed by atoms with Crippen LogP contribution in [0.2, 0.25) is 0 Å². The van der Waals surface area contributed by atoms with Crippen molar-refractivity contribution in [1.82, 2.24) is 4.90 Å². The summed E-state index contributed by atoms with van der Waals surface area (Å²) in [5.74, 6) is 0.616. The number of ether oxygens (including phenoxy) is 1. The quantitative estimate of drug-likeness (QED) is 0.920. The molecular weight excluding hydrogens is 288 g/mol. The molecule has 1 atom stereocenters. The Bertz CT molecular complexity index is 682. The predicted molar refractivity (Wildman–Crippen MR) is 90.2 cm³/mol. The third kappa shape index (κ3) is 3.54. The number of benzene rings is 2. The second kappa shape index (κ2) is 6.84. The molecule has 0 aliphatic carbocycles. The van der Waals surface area contributed by atoms with Crippen LogP contribution in [0.4, 0.5) is 0 Å². The summed E-state index contributed by atoms with van der Waals surface area (Å²) in [7, 11) is 1.66. The van der Waals surface area contributed by atoms with Crippen LogP contribution >= 0.6 is 0 Å². The Labute approximate surface area is 136 Å². The average molecular weight is 310 g/mol. The van der Waals surface area contributed by atoms with Crippen LogP contribution in [-0.4, -0.2) is 30.5 Å². The first-order chi connectivity index (χ1) is 11.2. The molecule has 1 heterocycles. The van der Waals surface area contributed by atoms with Gasteiger partial charge in [-0.25, -0.2) is 0 Å². The number of primary amides is 1. The van der Waals surface area contributed by atoms with Crippen molar-refractivity contribution in [3.63, 3.8) is 0 Å². The topological polar surface area (TPSA) is 55.6 Å². The Balaban J connectivity index is 1.71. The van der Waals surface area contributed by atoms with Crippen molar-refractivity contribution < 1.29 is 9.53 Å². The molecule has 2 N–H and O–H groups in total. The van der Waals surface area contributed by atoms with E-state index in [-0.39, 0.29) is 11.9 Å². The van der Waals surface area contributed by atoms with Gasteiger partial charge in [-0.15, -0.1) is 0 Å². The molecule has 0 unspecified atom stereocenters. The summed E-state index contributed by atoms with van der Waals surface area (Å²) in [5.41, 5.74) is 9.38. The second-order valence-electron chi connectivity index (χ2n) is 5.96. The van der Waals surface area contributed by atoms with Crippen LogP contribution in [0.15, 0.2) is 48.5 Å². The first-order valence-corrected chi connectivity index (χ1v) is 7.90. The Morgan fingerprint density at radius 3 is 2.52 bits per heavy atom. The number of carbonyl (C=O) groups excluding carboxylic acids is 1. The highest BCUT2D eigenvalue weighted by molar-refractivity contribution is 5.80. The first kappa shape index (κ1) is 15.6. The number of nitrogens with zero attached hydrogens (tertiary/aromatic N) is 1. The fourth-order valence-corrected chi connectivity index (χ4v) is 3.16. The molecule has 4 heteroatoms. The highest BCUT2D eigenvalue weighted by atomic mass is 16.5. The molecule has 0 saturated carbocycles. The van der Waals surface area contributed by atoms with Gasteiger partial charge >= 0.3 is 0 Å². The molecule has 1 amide bonds. The predicted octanol–water partition coefficient (Wildman–Crippen LogP) is 2.15. The molecule has 3 rings (SSSR count). The lowest BCUT2D eigenvalue weighted by molar-refractivity contribution is -0.123. The fraction of sp³-hybridized carbons (Fsp3) is 0.316. The van der Waals surface area contributed by atoms with Gasteiger partial charge in [-0.05, 0) is 41.7 Å². The van der Waals surface area contributed by atoms with Gasteiger partial charge in [-0.3, -0.25) is 9.69 Å². The highest BCUT2D eigenvalue weighted by Crippen LogP contribution is 2.23. The minimum absolute atomic E-state index is 0.219. The van der Waals surface area contributed by atoms with E-state index in [1.54, 1.807) is 7.11 Å². The molecule has 0 fully saturated rings. The molecule has 0 bridgehead atoms. The minimum atomic E-state index is -0.241. The molecule has 0 saturated heterocycles.